The van der Waals surface area contributed by atoms with Gasteiger partial charge in [0, 0.05) is 12.1 Å². The summed E-state index contributed by atoms with van der Waals surface area (Å²) in [7, 11) is 0. The van der Waals surface area contributed by atoms with E-state index in [1.807, 2.05) is 0 Å². The molecule has 0 aliphatic heterocycles. The predicted molar refractivity (Wildman–Crippen MR) is 67.3 cm³/mol. The van der Waals surface area contributed by atoms with E-state index in [0.29, 0.717) is 24.6 Å². The summed E-state index contributed by atoms with van der Waals surface area (Å²) < 4.78 is 4.85. The summed E-state index contributed by atoms with van der Waals surface area (Å²) >= 11 is 0. The highest BCUT2D eigenvalue weighted by Crippen LogP contribution is 2.24. The zero-order valence-electron chi connectivity index (χ0n) is 11.2. The molecule has 1 unspecified atom stereocenters. The molecule has 0 saturated carbocycles. The molecule has 0 rings (SSSR count). The summed E-state index contributed by atoms with van der Waals surface area (Å²) in [6.07, 6.45) is 0. The highest BCUT2D eigenvalue weighted by atomic mass is 16.5. The summed E-state index contributed by atoms with van der Waals surface area (Å²) in [6, 6.07) is 0. The van der Waals surface area contributed by atoms with Gasteiger partial charge in [-0.2, -0.15) is 0 Å². The second-order valence-electron chi connectivity index (χ2n) is 5.22. The Hall–Kier alpha value is -0.830. The van der Waals surface area contributed by atoms with Crippen molar-refractivity contribution in [2.45, 2.75) is 34.6 Å². The zero-order valence-corrected chi connectivity index (χ0v) is 11.2. The van der Waals surface area contributed by atoms with Crippen molar-refractivity contribution in [3.63, 3.8) is 0 Å². The van der Waals surface area contributed by atoms with Gasteiger partial charge in [0.15, 0.2) is 0 Å². The van der Waals surface area contributed by atoms with Crippen molar-refractivity contribution < 1.29 is 9.53 Å². The topological polar surface area (TPSA) is 38.3 Å². The molecular weight excluding hydrogens is 202 g/mol. The summed E-state index contributed by atoms with van der Waals surface area (Å²) in [4.78, 5) is 11.3. The fourth-order valence-electron chi connectivity index (χ4n) is 1.05. The number of hydrogen-bond donors (Lipinski definition) is 1. The Morgan fingerprint density at radius 1 is 1.44 bits per heavy atom. The lowest BCUT2D eigenvalue weighted by Gasteiger charge is -2.27. The van der Waals surface area contributed by atoms with E-state index < -0.39 is 0 Å². The second kappa shape index (κ2) is 6.69. The highest BCUT2D eigenvalue weighted by Gasteiger charge is 2.19. The monoisotopic (exact) mass is 227 g/mol. The molecule has 0 amide bonds. The first kappa shape index (κ1) is 15.2. The van der Waals surface area contributed by atoms with Crippen molar-refractivity contribution in [1.82, 2.24) is 5.32 Å². The van der Waals surface area contributed by atoms with Crippen molar-refractivity contribution in [2.24, 2.45) is 11.3 Å². The third-order valence-electron chi connectivity index (χ3n) is 2.83. The SMILES string of the molecule is C=C(CNCC(C)C(C)(C)C)C(=O)OCC. The third-order valence-corrected chi connectivity index (χ3v) is 2.83. The minimum Gasteiger partial charge on any atom is -0.463 e. The Morgan fingerprint density at radius 2 is 2.00 bits per heavy atom. The average Bonchev–Trinajstić information content (AvgIpc) is 2.16. The quantitative estimate of drug-likeness (QED) is 0.559. The molecular formula is C13H25NO2. The van der Waals surface area contributed by atoms with E-state index in [-0.39, 0.29) is 11.4 Å². The van der Waals surface area contributed by atoms with Gasteiger partial charge in [-0.1, -0.05) is 34.3 Å². The maximum absolute atomic E-state index is 11.3. The van der Waals surface area contributed by atoms with Crippen LogP contribution in [0, 0.1) is 11.3 Å². The van der Waals surface area contributed by atoms with Gasteiger partial charge >= 0.3 is 5.97 Å². The molecule has 0 aliphatic rings. The molecule has 0 radical (unpaired) electrons. The molecule has 0 spiro atoms. The number of rotatable bonds is 6. The summed E-state index contributed by atoms with van der Waals surface area (Å²) in [6.45, 7) is 16.1. The van der Waals surface area contributed by atoms with E-state index in [2.05, 4.69) is 39.6 Å². The van der Waals surface area contributed by atoms with Crippen LogP contribution in [-0.4, -0.2) is 25.7 Å². The second-order valence-corrected chi connectivity index (χ2v) is 5.22. The van der Waals surface area contributed by atoms with Crippen molar-refractivity contribution in [1.29, 1.82) is 0 Å². The van der Waals surface area contributed by atoms with E-state index in [9.17, 15) is 4.79 Å². The first-order valence-corrected chi connectivity index (χ1v) is 5.84. The number of esters is 1. The van der Waals surface area contributed by atoms with Gasteiger partial charge in [-0.3, -0.25) is 0 Å². The van der Waals surface area contributed by atoms with Gasteiger partial charge in [-0.05, 0) is 24.8 Å². The Kier molecular flexibility index (Phi) is 6.34. The fourth-order valence-corrected chi connectivity index (χ4v) is 1.05. The van der Waals surface area contributed by atoms with Crippen LogP contribution in [0.2, 0.25) is 0 Å². The number of carbonyl (C=O) groups is 1. The molecule has 3 nitrogen and oxygen atoms in total. The van der Waals surface area contributed by atoms with Gasteiger partial charge < -0.3 is 10.1 Å². The van der Waals surface area contributed by atoms with E-state index >= 15 is 0 Å². The number of nitrogens with one attached hydrogen (secondary N) is 1. The first-order valence-electron chi connectivity index (χ1n) is 5.84. The van der Waals surface area contributed by atoms with Crippen molar-refractivity contribution in [2.75, 3.05) is 19.7 Å². The Bertz CT molecular complexity index is 241. The lowest BCUT2D eigenvalue weighted by Crippen LogP contribution is -2.31. The van der Waals surface area contributed by atoms with E-state index in [1.54, 1.807) is 6.92 Å². The highest BCUT2D eigenvalue weighted by molar-refractivity contribution is 5.88. The van der Waals surface area contributed by atoms with Gasteiger partial charge in [0.05, 0.1) is 6.61 Å². The summed E-state index contributed by atoms with van der Waals surface area (Å²) in [5.74, 6) is 0.237. The summed E-state index contributed by atoms with van der Waals surface area (Å²) in [5, 5.41) is 3.23. The molecule has 0 heterocycles. The molecule has 16 heavy (non-hydrogen) atoms. The van der Waals surface area contributed by atoms with Crippen LogP contribution in [-0.2, 0) is 9.53 Å². The van der Waals surface area contributed by atoms with Crippen LogP contribution in [0.15, 0.2) is 12.2 Å². The van der Waals surface area contributed by atoms with Crippen LogP contribution in [0.25, 0.3) is 0 Å². The molecule has 0 saturated heterocycles. The molecule has 94 valence electrons. The lowest BCUT2D eigenvalue weighted by molar-refractivity contribution is -0.138. The van der Waals surface area contributed by atoms with Crippen LogP contribution in [0.1, 0.15) is 34.6 Å². The Morgan fingerprint density at radius 3 is 2.44 bits per heavy atom. The van der Waals surface area contributed by atoms with Gasteiger partial charge in [0.25, 0.3) is 0 Å². The maximum atomic E-state index is 11.3. The maximum Gasteiger partial charge on any atom is 0.334 e. The van der Waals surface area contributed by atoms with Gasteiger partial charge in [-0.15, -0.1) is 0 Å². The fraction of sp³-hybridized carbons (Fsp3) is 0.769. The lowest BCUT2D eigenvalue weighted by atomic mass is 9.82. The standard InChI is InChI=1S/C13H25NO2/c1-7-16-12(15)10(2)8-14-9-11(3)13(4,5)6/h11,14H,2,7-9H2,1,3-6H3. The van der Waals surface area contributed by atoms with Crippen molar-refractivity contribution in [3.8, 4) is 0 Å². The minimum atomic E-state index is -0.307. The molecule has 0 aromatic heterocycles. The van der Waals surface area contributed by atoms with Gasteiger partial charge in [0.2, 0.25) is 0 Å². The minimum absolute atomic E-state index is 0.276. The molecule has 0 bridgehead atoms. The molecule has 1 atom stereocenters. The average molecular weight is 227 g/mol. The molecule has 1 N–H and O–H groups in total. The van der Waals surface area contributed by atoms with E-state index in [0.717, 1.165) is 6.54 Å². The molecule has 0 fully saturated rings. The predicted octanol–water partition coefficient (Wildman–Crippen LogP) is 2.38. The van der Waals surface area contributed by atoms with E-state index in [4.69, 9.17) is 4.74 Å². The van der Waals surface area contributed by atoms with Crippen LogP contribution < -0.4 is 5.32 Å². The third kappa shape index (κ3) is 5.91. The smallest absolute Gasteiger partial charge is 0.334 e. The Labute approximate surface area is 99.3 Å². The summed E-state index contributed by atoms with van der Waals surface area (Å²) in [5.41, 5.74) is 0.765. The van der Waals surface area contributed by atoms with Gasteiger partial charge in [0.1, 0.15) is 0 Å². The van der Waals surface area contributed by atoms with Crippen molar-refractivity contribution in [3.05, 3.63) is 12.2 Å². The van der Waals surface area contributed by atoms with Gasteiger partial charge in [-0.25, -0.2) is 4.79 Å². The normalized spacial score (nSPS) is 13.3. The molecule has 3 heteroatoms. The number of ether oxygens (including phenoxy) is 1. The van der Waals surface area contributed by atoms with E-state index in [1.165, 1.54) is 0 Å². The molecule has 0 aromatic carbocycles. The number of hydrogen-bond acceptors (Lipinski definition) is 3. The molecule has 0 aliphatic carbocycles. The Balaban J connectivity index is 3.83. The van der Waals surface area contributed by atoms with Crippen molar-refractivity contribution >= 4 is 5.97 Å². The van der Waals surface area contributed by atoms with Crippen LogP contribution in [0.3, 0.4) is 0 Å². The van der Waals surface area contributed by atoms with Crippen LogP contribution in [0.4, 0.5) is 0 Å². The largest absolute Gasteiger partial charge is 0.463 e. The van der Waals surface area contributed by atoms with Crippen LogP contribution in [0.5, 0.6) is 0 Å². The van der Waals surface area contributed by atoms with Crippen LogP contribution >= 0.6 is 0 Å². The zero-order chi connectivity index (χ0) is 12.8. The first-order chi connectivity index (χ1) is 7.29. The molecule has 0 aromatic rings. The number of carbonyl (C=O) groups excluding carboxylic acids is 1.